The molecule has 1 N–H and O–H groups in total. The van der Waals surface area contributed by atoms with E-state index in [4.69, 9.17) is 9.84 Å². The van der Waals surface area contributed by atoms with E-state index in [1.165, 1.54) is 0 Å². The van der Waals surface area contributed by atoms with Crippen LogP contribution in [-0.4, -0.2) is 57.0 Å². The number of hydrogen-bond acceptors (Lipinski definition) is 4. The molecule has 2 heterocycles. The van der Waals surface area contributed by atoms with Crippen molar-refractivity contribution in [2.45, 2.75) is 58.1 Å². The second kappa shape index (κ2) is 7.99. The van der Waals surface area contributed by atoms with E-state index in [-0.39, 0.29) is 24.5 Å². The Kier molecular flexibility index (Phi) is 5.41. The van der Waals surface area contributed by atoms with Crippen LogP contribution in [0.15, 0.2) is 24.3 Å². The molecule has 154 valence electrons. The number of carbonyl (C=O) groups is 2. The van der Waals surface area contributed by atoms with E-state index < -0.39 is 5.97 Å². The van der Waals surface area contributed by atoms with Crippen molar-refractivity contribution in [1.29, 1.82) is 0 Å². The molecule has 7 nitrogen and oxygen atoms in total. The number of ether oxygens (including phenoxy) is 1. The number of amides is 1. The van der Waals surface area contributed by atoms with Gasteiger partial charge in [0.05, 0.1) is 30.1 Å². The first-order valence-corrected chi connectivity index (χ1v) is 10.3. The predicted octanol–water partition coefficient (Wildman–Crippen LogP) is 2.90. The maximum Gasteiger partial charge on any atom is 0.303 e. The fraction of sp³-hybridized carbons (Fsp3) is 0.500. The van der Waals surface area contributed by atoms with Gasteiger partial charge < -0.3 is 14.7 Å². The van der Waals surface area contributed by atoms with Crippen molar-refractivity contribution in [2.75, 3.05) is 13.2 Å². The van der Waals surface area contributed by atoms with Crippen LogP contribution in [0.4, 0.5) is 0 Å². The number of benzene rings is 1. The van der Waals surface area contributed by atoms with Gasteiger partial charge in [0, 0.05) is 24.2 Å². The van der Waals surface area contributed by atoms with Crippen LogP contribution in [0.3, 0.4) is 0 Å². The minimum atomic E-state index is -0.813. The zero-order chi connectivity index (χ0) is 20.5. The predicted molar refractivity (Wildman–Crippen MR) is 107 cm³/mol. The van der Waals surface area contributed by atoms with Gasteiger partial charge in [-0.2, -0.15) is 5.10 Å². The van der Waals surface area contributed by atoms with Crippen molar-refractivity contribution in [3.8, 4) is 5.69 Å². The largest absolute Gasteiger partial charge is 0.481 e. The molecular formula is C22H27N3O4. The van der Waals surface area contributed by atoms with Crippen molar-refractivity contribution < 1.29 is 19.4 Å². The minimum Gasteiger partial charge on any atom is -0.481 e. The number of aliphatic carboxylic acids is 1. The zero-order valence-corrected chi connectivity index (χ0v) is 16.9. The van der Waals surface area contributed by atoms with Gasteiger partial charge in [0.25, 0.3) is 5.91 Å². The molecule has 2 atom stereocenters. The van der Waals surface area contributed by atoms with Gasteiger partial charge in [-0.15, -0.1) is 0 Å². The van der Waals surface area contributed by atoms with Crippen molar-refractivity contribution in [3.63, 3.8) is 0 Å². The molecule has 1 aromatic heterocycles. The molecule has 0 bridgehead atoms. The fourth-order valence-electron chi connectivity index (χ4n) is 4.61. The first kappa shape index (κ1) is 19.6. The number of nitrogens with zero attached hydrogens (tertiary/aromatic N) is 3. The summed E-state index contributed by atoms with van der Waals surface area (Å²) in [5.74, 6) is -0.751. The van der Waals surface area contributed by atoms with Gasteiger partial charge in [-0.25, -0.2) is 4.68 Å². The third-order valence-corrected chi connectivity index (χ3v) is 6.13. The first-order chi connectivity index (χ1) is 14.0. The highest BCUT2D eigenvalue weighted by molar-refractivity contribution is 5.94. The minimum absolute atomic E-state index is 0.0623. The molecule has 1 aliphatic carbocycles. The molecule has 1 aromatic carbocycles. The number of carbonyl (C=O) groups excluding carboxylic acids is 1. The highest BCUT2D eigenvalue weighted by Crippen LogP contribution is 2.30. The quantitative estimate of drug-likeness (QED) is 0.839. The van der Waals surface area contributed by atoms with E-state index >= 15 is 0 Å². The molecule has 2 aromatic rings. The van der Waals surface area contributed by atoms with Crippen LogP contribution in [0.1, 0.15) is 53.0 Å². The van der Waals surface area contributed by atoms with Crippen LogP contribution >= 0.6 is 0 Å². The lowest BCUT2D eigenvalue weighted by Crippen LogP contribution is -2.51. The topological polar surface area (TPSA) is 84.7 Å². The highest BCUT2D eigenvalue weighted by Gasteiger charge is 2.38. The lowest BCUT2D eigenvalue weighted by molar-refractivity contribution is -0.136. The van der Waals surface area contributed by atoms with Gasteiger partial charge in [-0.05, 0) is 69.4 Å². The number of fused-ring (bicyclic) bond motifs is 1. The number of hydrogen-bond donors (Lipinski definition) is 1. The van der Waals surface area contributed by atoms with Crippen LogP contribution in [0.25, 0.3) is 5.69 Å². The Bertz CT molecular complexity index is 919. The maximum absolute atomic E-state index is 13.1. The summed E-state index contributed by atoms with van der Waals surface area (Å²) >= 11 is 0. The second-order valence-corrected chi connectivity index (χ2v) is 7.91. The normalized spacial score (nSPS) is 21.2. The second-order valence-electron chi connectivity index (χ2n) is 7.91. The number of aryl methyl sites for hydroxylation is 1. The van der Waals surface area contributed by atoms with Gasteiger partial charge in [0.2, 0.25) is 0 Å². The third kappa shape index (κ3) is 3.79. The molecule has 0 spiro atoms. The van der Waals surface area contributed by atoms with Gasteiger partial charge >= 0.3 is 5.97 Å². The summed E-state index contributed by atoms with van der Waals surface area (Å²) in [6.07, 6.45) is 3.90. The molecule has 1 saturated carbocycles. The van der Waals surface area contributed by atoms with Gasteiger partial charge in [0.1, 0.15) is 0 Å². The Morgan fingerprint density at radius 1 is 1.21 bits per heavy atom. The van der Waals surface area contributed by atoms with Gasteiger partial charge in [-0.1, -0.05) is 0 Å². The van der Waals surface area contributed by atoms with E-state index in [0.717, 1.165) is 41.9 Å². The summed E-state index contributed by atoms with van der Waals surface area (Å²) in [5, 5.41) is 13.5. The first-order valence-electron chi connectivity index (χ1n) is 10.3. The van der Waals surface area contributed by atoms with Crippen LogP contribution in [0, 0.1) is 13.8 Å². The molecule has 2 fully saturated rings. The zero-order valence-electron chi connectivity index (χ0n) is 16.9. The Morgan fingerprint density at radius 2 is 1.97 bits per heavy atom. The summed E-state index contributed by atoms with van der Waals surface area (Å²) in [5.41, 5.74) is 4.28. The van der Waals surface area contributed by atoms with Crippen molar-refractivity contribution in [3.05, 3.63) is 46.8 Å². The number of rotatable bonds is 5. The Morgan fingerprint density at radius 3 is 2.69 bits per heavy atom. The van der Waals surface area contributed by atoms with Gasteiger partial charge in [-0.3, -0.25) is 9.59 Å². The summed E-state index contributed by atoms with van der Waals surface area (Å²) in [7, 11) is 0. The standard InChI is InChI=1S/C22H27N3O4/c1-14-18(10-11-21(26)27)15(2)25(23-14)17-8-6-16(7-9-17)22(28)24-12-13-29-20-5-3-4-19(20)24/h6-9,19-20H,3-5,10-13H2,1-2H3,(H,26,27)/t19-,20+/m1/s1. The number of aromatic nitrogens is 2. The molecule has 4 rings (SSSR count). The highest BCUT2D eigenvalue weighted by atomic mass is 16.5. The van der Waals surface area contributed by atoms with E-state index in [2.05, 4.69) is 5.10 Å². The van der Waals surface area contributed by atoms with E-state index in [0.29, 0.717) is 25.1 Å². The van der Waals surface area contributed by atoms with E-state index in [1.54, 1.807) is 0 Å². The summed E-state index contributed by atoms with van der Waals surface area (Å²) < 4.78 is 7.64. The number of morpholine rings is 1. The third-order valence-electron chi connectivity index (χ3n) is 6.13. The summed E-state index contributed by atoms with van der Waals surface area (Å²) in [4.78, 5) is 25.9. The summed E-state index contributed by atoms with van der Waals surface area (Å²) in [6.45, 7) is 5.10. The number of carboxylic acids is 1. The monoisotopic (exact) mass is 397 g/mol. The lowest BCUT2D eigenvalue weighted by Gasteiger charge is -2.37. The molecular weight excluding hydrogens is 370 g/mol. The average molecular weight is 397 g/mol. The molecule has 1 aliphatic heterocycles. The molecule has 2 aliphatic rings. The van der Waals surface area contributed by atoms with Crippen LogP contribution < -0.4 is 0 Å². The Balaban J connectivity index is 1.53. The molecule has 0 radical (unpaired) electrons. The van der Waals surface area contributed by atoms with Crippen molar-refractivity contribution in [2.24, 2.45) is 0 Å². The van der Waals surface area contributed by atoms with Crippen LogP contribution in [0.5, 0.6) is 0 Å². The Hall–Kier alpha value is -2.67. The van der Waals surface area contributed by atoms with Crippen LogP contribution in [-0.2, 0) is 16.0 Å². The lowest BCUT2D eigenvalue weighted by atomic mass is 10.1. The molecule has 1 saturated heterocycles. The molecule has 7 heteroatoms. The average Bonchev–Trinajstić information content (AvgIpc) is 3.30. The van der Waals surface area contributed by atoms with Crippen LogP contribution in [0.2, 0.25) is 0 Å². The van der Waals surface area contributed by atoms with E-state index in [1.807, 2.05) is 47.7 Å². The molecule has 0 unspecified atom stereocenters. The van der Waals surface area contributed by atoms with Gasteiger partial charge in [0.15, 0.2) is 0 Å². The smallest absolute Gasteiger partial charge is 0.303 e. The molecule has 1 amide bonds. The number of carboxylic acid groups (broad SMARTS) is 1. The Labute approximate surface area is 170 Å². The SMILES string of the molecule is Cc1nn(-c2ccc(C(=O)N3CCO[C@H]4CCC[C@H]43)cc2)c(C)c1CCC(=O)O. The maximum atomic E-state index is 13.1. The fourth-order valence-corrected chi connectivity index (χ4v) is 4.61. The van der Waals surface area contributed by atoms with Crippen molar-refractivity contribution in [1.82, 2.24) is 14.7 Å². The van der Waals surface area contributed by atoms with Crippen molar-refractivity contribution >= 4 is 11.9 Å². The summed E-state index contributed by atoms with van der Waals surface area (Å²) in [6, 6.07) is 7.71. The van der Waals surface area contributed by atoms with E-state index in [9.17, 15) is 9.59 Å². The molecule has 29 heavy (non-hydrogen) atoms.